The van der Waals surface area contributed by atoms with E-state index in [4.69, 9.17) is 4.98 Å². The highest BCUT2D eigenvalue weighted by Gasteiger charge is 2.35. The van der Waals surface area contributed by atoms with Crippen LogP contribution in [0.2, 0.25) is 0 Å². The van der Waals surface area contributed by atoms with Crippen LogP contribution in [0.15, 0.2) is 42.5 Å². The van der Waals surface area contributed by atoms with E-state index in [1.165, 1.54) is 5.56 Å². The van der Waals surface area contributed by atoms with E-state index in [1.54, 1.807) is 0 Å². The second-order valence-electron chi connectivity index (χ2n) is 6.90. The fourth-order valence-electron chi connectivity index (χ4n) is 3.86. The van der Waals surface area contributed by atoms with E-state index >= 15 is 0 Å². The van der Waals surface area contributed by atoms with E-state index in [1.807, 2.05) is 23.1 Å². The van der Waals surface area contributed by atoms with Crippen LogP contribution in [0, 0.1) is 13.8 Å². The van der Waals surface area contributed by atoms with Crippen LogP contribution in [0.5, 0.6) is 0 Å². The summed E-state index contributed by atoms with van der Waals surface area (Å²) in [6.07, 6.45) is 0.525. The first-order valence-electron chi connectivity index (χ1n) is 8.91. The van der Waals surface area contributed by atoms with Crippen molar-refractivity contribution in [3.8, 4) is 0 Å². The quantitative estimate of drug-likeness (QED) is 0.721. The van der Waals surface area contributed by atoms with Crippen LogP contribution < -0.4 is 4.90 Å². The van der Waals surface area contributed by atoms with Crippen LogP contribution in [0.25, 0.3) is 11.0 Å². The van der Waals surface area contributed by atoms with E-state index in [0.29, 0.717) is 13.0 Å². The topological polar surface area (TPSA) is 38.1 Å². The number of imidazole rings is 1. The van der Waals surface area contributed by atoms with Gasteiger partial charge in [0.05, 0.1) is 11.0 Å². The Labute approximate surface area is 148 Å². The molecule has 1 atom stereocenters. The minimum absolute atomic E-state index is 0.139. The number of fused-ring (bicyclic) bond motifs is 1. The van der Waals surface area contributed by atoms with Gasteiger partial charge in [-0.3, -0.25) is 4.79 Å². The number of carbonyl (C=O) groups is 1. The SMILES string of the molecule is CCn1c(C2CC(=O)N(c3cc(C)ccc3C)C2)nc2ccccc21. The van der Waals surface area contributed by atoms with E-state index in [9.17, 15) is 4.79 Å². The van der Waals surface area contributed by atoms with Gasteiger partial charge in [0.1, 0.15) is 5.82 Å². The Morgan fingerprint density at radius 2 is 1.96 bits per heavy atom. The number of amides is 1. The molecule has 1 aromatic heterocycles. The summed E-state index contributed by atoms with van der Waals surface area (Å²) in [6, 6.07) is 14.5. The molecule has 2 heterocycles. The summed E-state index contributed by atoms with van der Waals surface area (Å²) < 4.78 is 2.25. The minimum Gasteiger partial charge on any atom is -0.328 e. The van der Waals surface area contributed by atoms with Gasteiger partial charge >= 0.3 is 0 Å². The number of para-hydroxylation sites is 2. The Kier molecular flexibility index (Phi) is 3.83. The minimum atomic E-state index is 0.139. The molecule has 0 radical (unpaired) electrons. The maximum absolute atomic E-state index is 12.7. The highest BCUT2D eigenvalue weighted by Crippen LogP contribution is 2.34. The molecule has 1 unspecified atom stereocenters. The van der Waals surface area contributed by atoms with Crippen LogP contribution in [0.3, 0.4) is 0 Å². The number of hydrogen-bond acceptors (Lipinski definition) is 2. The average molecular weight is 333 g/mol. The lowest BCUT2D eigenvalue weighted by atomic mass is 10.1. The van der Waals surface area contributed by atoms with Crippen LogP contribution in [0.4, 0.5) is 5.69 Å². The van der Waals surface area contributed by atoms with Gasteiger partial charge in [-0.05, 0) is 50.1 Å². The summed E-state index contributed by atoms with van der Waals surface area (Å²) in [5, 5.41) is 0. The predicted octanol–water partition coefficient (Wildman–Crippen LogP) is 4.19. The molecule has 1 aliphatic heterocycles. The molecule has 128 valence electrons. The Morgan fingerprint density at radius 1 is 1.16 bits per heavy atom. The number of benzene rings is 2. The largest absolute Gasteiger partial charge is 0.328 e. The number of carbonyl (C=O) groups excluding carboxylic acids is 1. The second-order valence-corrected chi connectivity index (χ2v) is 6.90. The van der Waals surface area contributed by atoms with Crippen molar-refractivity contribution in [2.75, 3.05) is 11.4 Å². The van der Waals surface area contributed by atoms with Gasteiger partial charge in [0.2, 0.25) is 5.91 Å². The number of rotatable bonds is 3. The van der Waals surface area contributed by atoms with Gasteiger partial charge in [-0.25, -0.2) is 4.98 Å². The molecule has 3 aromatic rings. The van der Waals surface area contributed by atoms with E-state index in [0.717, 1.165) is 34.7 Å². The van der Waals surface area contributed by atoms with Gasteiger partial charge in [0.15, 0.2) is 0 Å². The van der Waals surface area contributed by atoms with Crippen molar-refractivity contribution in [1.29, 1.82) is 0 Å². The molecule has 0 N–H and O–H groups in total. The molecule has 4 heteroatoms. The van der Waals surface area contributed by atoms with Crippen molar-refractivity contribution in [2.24, 2.45) is 0 Å². The monoisotopic (exact) mass is 333 g/mol. The molecule has 1 aliphatic rings. The summed E-state index contributed by atoms with van der Waals surface area (Å²) in [4.78, 5) is 19.5. The van der Waals surface area contributed by atoms with Crippen molar-refractivity contribution >= 4 is 22.6 Å². The Bertz CT molecular complexity index is 957. The number of aromatic nitrogens is 2. The van der Waals surface area contributed by atoms with Gasteiger partial charge in [0.25, 0.3) is 0 Å². The zero-order chi connectivity index (χ0) is 17.6. The van der Waals surface area contributed by atoms with Gasteiger partial charge in [-0.15, -0.1) is 0 Å². The maximum Gasteiger partial charge on any atom is 0.227 e. The van der Waals surface area contributed by atoms with Crippen LogP contribution in [0.1, 0.15) is 36.2 Å². The normalized spacial score (nSPS) is 17.6. The van der Waals surface area contributed by atoms with Crippen molar-refractivity contribution in [2.45, 2.75) is 39.7 Å². The summed E-state index contributed by atoms with van der Waals surface area (Å²) in [7, 11) is 0. The molecular weight excluding hydrogens is 310 g/mol. The van der Waals surface area contributed by atoms with Crippen LogP contribution in [-0.2, 0) is 11.3 Å². The van der Waals surface area contributed by atoms with E-state index in [-0.39, 0.29) is 11.8 Å². The van der Waals surface area contributed by atoms with Gasteiger partial charge < -0.3 is 9.47 Å². The molecule has 0 saturated carbocycles. The summed E-state index contributed by atoms with van der Waals surface area (Å²) in [6.45, 7) is 7.83. The Balaban J connectivity index is 1.72. The average Bonchev–Trinajstić information content (AvgIpc) is 3.17. The maximum atomic E-state index is 12.7. The molecule has 2 aromatic carbocycles. The molecular formula is C21H23N3O. The summed E-state index contributed by atoms with van der Waals surface area (Å²) >= 11 is 0. The van der Waals surface area contributed by atoms with Crippen LogP contribution in [-0.4, -0.2) is 22.0 Å². The fourth-order valence-corrected chi connectivity index (χ4v) is 3.86. The molecule has 1 amide bonds. The molecule has 1 fully saturated rings. The molecule has 0 aliphatic carbocycles. The molecule has 0 spiro atoms. The van der Waals surface area contributed by atoms with E-state index < -0.39 is 0 Å². The Hall–Kier alpha value is -2.62. The second kappa shape index (κ2) is 6.03. The lowest BCUT2D eigenvalue weighted by Crippen LogP contribution is -2.25. The lowest BCUT2D eigenvalue weighted by molar-refractivity contribution is -0.117. The van der Waals surface area contributed by atoms with Gasteiger partial charge in [0, 0.05) is 31.1 Å². The summed E-state index contributed by atoms with van der Waals surface area (Å²) in [5.74, 6) is 1.36. The first-order valence-corrected chi connectivity index (χ1v) is 8.91. The third-order valence-corrected chi connectivity index (χ3v) is 5.15. The lowest BCUT2D eigenvalue weighted by Gasteiger charge is -2.20. The van der Waals surface area contributed by atoms with Crippen molar-refractivity contribution in [3.63, 3.8) is 0 Å². The highest BCUT2D eigenvalue weighted by molar-refractivity contribution is 5.97. The van der Waals surface area contributed by atoms with Gasteiger partial charge in [-0.1, -0.05) is 24.3 Å². The highest BCUT2D eigenvalue weighted by atomic mass is 16.2. The number of anilines is 1. The molecule has 0 bridgehead atoms. The van der Waals surface area contributed by atoms with Crippen molar-refractivity contribution in [3.05, 3.63) is 59.4 Å². The smallest absolute Gasteiger partial charge is 0.227 e. The first-order chi connectivity index (χ1) is 12.1. The number of aryl methyl sites for hydroxylation is 3. The third-order valence-electron chi connectivity index (χ3n) is 5.15. The zero-order valence-corrected chi connectivity index (χ0v) is 15.0. The third kappa shape index (κ3) is 2.62. The number of nitrogens with zero attached hydrogens (tertiary/aromatic N) is 3. The standard InChI is InChI=1S/C21H23N3O/c1-4-23-18-8-6-5-7-17(18)22-21(23)16-12-20(25)24(13-16)19-11-14(2)9-10-15(19)3/h5-11,16H,4,12-13H2,1-3H3. The number of hydrogen-bond donors (Lipinski definition) is 0. The molecule has 1 saturated heterocycles. The predicted molar refractivity (Wildman–Crippen MR) is 101 cm³/mol. The zero-order valence-electron chi connectivity index (χ0n) is 15.0. The summed E-state index contributed by atoms with van der Waals surface area (Å²) in [5.41, 5.74) is 5.52. The van der Waals surface area contributed by atoms with Crippen molar-refractivity contribution < 1.29 is 4.79 Å². The molecule has 4 rings (SSSR count). The first kappa shape index (κ1) is 15.9. The van der Waals surface area contributed by atoms with Crippen LogP contribution >= 0.6 is 0 Å². The van der Waals surface area contributed by atoms with Gasteiger partial charge in [-0.2, -0.15) is 0 Å². The fraction of sp³-hybridized carbons (Fsp3) is 0.333. The molecule has 4 nitrogen and oxygen atoms in total. The molecule has 25 heavy (non-hydrogen) atoms. The Morgan fingerprint density at radius 3 is 2.76 bits per heavy atom. The van der Waals surface area contributed by atoms with E-state index in [2.05, 4.69) is 49.6 Å². The van der Waals surface area contributed by atoms with Crippen molar-refractivity contribution in [1.82, 2.24) is 9.55 Å².